The van der Waals surface area contributed by atoms with Gasteiger partial charge in [0.1, 0.15) is 0 Å². The van der Waals surface area contributed by atoms with Gasteiger partial charge in [-0.2, -0.15) is 0 Å². The summed E-state index contributed by atoms with van der Waals surface area (Å²) in [6.45, 7) is 10.8. The van der Waals surface area contributed by atoms with Gasteiger partial charge >= 0.3 is 0 Å². The molecular formula is C15H26N2. The third-order valence-electron chi connectivity index (χ3n) is 3.07. The second-order valence-corrected chi connectivity index (χ2v) is 5.21. The van der Waals surface area contributed by atoms with Gasteiger partial charge in [0.2, 0.25) is 0 Å². The number of aryl methyl sites for hydroxylation is 1. The summed E-state index contributed by atoms with van der Waals surface area (Å²) >= 11 is 0. The van der Waals surface area contributed by atoms with Crippen molar-refractivity contribution in [3.05, 3.63) is 29.8 Å². The molecule has 0 bridgehead atoms. The molecule has 0 heterocycles. The van der Waals surface area contributed by atoms with Crippen LogP contribution in [0.4, 0.5) is 5.69 Å². The minimum atomic E-state index is 0.259. The molecule has 0 fully saturated rings. The highest BCUT2D eigenvalue weighted by molar-refractivity contribution is 5.52. The summed E-state index contributed by atoms with van der Waals surface area (Å²) in [7, 11) is 0. The summed E-state index contributed by atoms with van der Waals surface area (Å²) in [5.41, 5.74) is 8.84. The van der Waals surface area contributed by atoms with Crippen molar-refractivity contribution in [2.45, 2.75) is 40.2 Å². The van der Waals surface area contributed by atoms with Crippen LogP contribution in [0.2, 0.25) is 0 Å². The topological polar surface area (TPSA) is 29.3 Å². The van der Waals surface area contributed by atoms with Gasteiger partial charge in [-0.25, -0.2) is 0 Å². The molecule has 0 saturated carbocycles. The Morgan fingerprint density at radius 1 is 1.24 bits per heavy atom. The number of nitrogens with zero attached hydrogens (tertiary/aromatic N) is 1. The van der Waals surface area contributed by atoms with Crippen molar-refractivity contribution >= 4 is 5.69 Å². The van der Waals surface area contributed by atoms with Crippen molar-refractivity contribution in [1.29, 1.82) is 0 Å². The van der Waals surface area contributed by atoms with Gasteiger partial charge in [-0.1, -0.05) is 32.0 Å². The number of nitrogens with two attached hydrogens (primary N) is 1. The molecule has 0 amide bonds. The van der Waals surface area contributed by atoms with E-state index in [0.717, 1.165) is 19.5 Å². The molecule has 1 aromatic rings. The van der Waals surface area contributed by atoms with Crippen LogP contribution in [0, 0.1) is 12.8 Å². The Morgan fingerprint density at radius 3 is 2.41 bits per heavy atom. The zero-order valence-corrected chi connectivity index (χ0v) is 11.6. The number of benzene rings is 1. The van der Waals surface area contributed by atoms with E-state index in [1.54, 1.807) is 0 Å². The molecule has 2 N–H and O–H groups in total. The smallest absolute Gasteiger partial charge is 0.0396 e. The molecule has 1 aromatic carbocycles. The van der Waals surface area contributed by atoms with E-state index in [1.165, 1.54) is 11.3 Å². The van der Waals surface area contributed by atoms with Gasteiger partial charge in [-0.05, 0) is 37.8 Å². The first-order chi connectivity index (χ1) is 8.04. The predicted octanol–water partition coefficient (Wildman–Crippen LogP) is 3.19. The molecule has 1 rings (SSSR count). The molecule has 0 radical (unpaired) electrons. The Morgan fingerprint density at radius 2 is 1.88 bits per heavy atom. The largest absolute Gasteiger partial charge is 0.370 e. The fraction of sp³-hybridized carbons (Fsp3) is 0.600. The molecule has 0 aliphatic carbocycles. The van der Waals surface area contributed by atoms with Crippen LogP contribution in [0.1, 0.15) is 32.8 Å². The highest BCUT2D eigenvalue weighted by Gasteiger charge is 2.12. The van der Waals surface area contributed by atoms with Crippen LogP contribution in [-0.4, -0.2) is 19.1 Å². The second kappa shape index (κ2) is 6.65. The zero-order valence-electron chi connectivity index (χ0n) is 11.6. The first-order valence-electron chi connectivity index (χ1n) is 6.60. The molecule has 1 atom stereocenters. The molecule has 0 aromatic heterocycles. The minimum absolute atomic E-state index is 0.259. The summed E-state index contributed by atoms with van der Waals surface area (Å²) in [6.07, 6.45) is 1.09. The summed E-state index contributed by atoms with van der Waals surface area (Å²) in [4.78, 5) is 2.38. The molecule has 1 unspecified atom stereocenters. The summed E-state index contributed by atoms with van der Waals surface area (Å²) in [5, 5.41) is 0. The maximum Gasteiger partial charge on any atom is 0.0396 e. The van der Waals surface area contributed by atoms with Crippen molar-refractivity contribution in [2.24, 2.45) is 11.7 Å². The molecule has 0 aliphatic rings. The Labute approximate surface area is 106 Å². The fourth-order valence-electron chi connectivity index (χ4n) is 2.28. The van der Waals surface area contributed by atoms with Crippen LogP contribution >= 0.6 is 0 Å². The highest BCUT2D eigenvalue weighted by Crippen LogP contribution is 2.19. The fourth-order valence-corrected chi connectivity index (χ4v) is 2.28. The number of anilines is 1. The molecule has 0 saturated heterocycles. The van der Waals surface area contributed by atoms with E-state index in [2.05, 4.69) is 56.9 Å². The molecule has 2 heteroatoms. The first-order valence-corrected chi connectivity index (χ1v) is 6.60. The van der Waals surface area contributed by atoms with E-state index in [1.807, 2.05) is 0 Å². The number of para-hydroxylation sites is 1. The average molecular weight is 234 g/mol. The van der Waals surface area contributed by atoms with Crippen LogP contribution in [0.15, 0.2) is 24.3 Å². The summed E-state index contributed by atoms with van der Waals surface area (Å²) in [6, 6.07) is 8.78. The lowest BCUT2D eigenvalue weighted by Gasteiger charge is -2.28. The number of hydrogen-bond acceptors (Lipinski definition) is 2. The van der Waals surface area contributed by atoms with Gasteiger partial charge < -0.3 is 10.6 Å². The Bertz CT molecular complexity index is 333. The van der Waals surface area contributed by atoms with Gasteiger partial charge in [-0.3, -0.25) is 0 Å². The van der Waals surface area contributed by atoms with Gasteiger partial charge in [-0.15, -0.1) is 0 Å². The molecule has 2 nitrogen and oxygen atoms in total. The molecule has 17 heavy (non-hydrogen) atoms. The molecular weight excluding hydrogens is 208 g/mol. The van der Waals surface area contributed by atoms with Gasteiger partial charge in [0.25, 0.3) is 0 Å². The van der Waals surface area contributed by atoms with Gasteiger partial charge in [0, 0.05) is 24.8 Å². The van der Waals surface area contributed by atoms with Crippen LogP contribution in [0.3, 0.4) is 0 Å². The normalized spacial score (nSPS) is 12.8. The zero-order chi connectivity index (χ0) is 12.8. The van der Waals surface area contributed by atoms with Crippen molar-refractivity contribution < 1.29 is 0 Å². The lowest BCUT2D eigenvalue weighted by atomic mass is 10.0. The molecule has 96 valence electrons. The predicted molar refractivity (Wildman–Crippen MR) is 76.5 cm³/mol. The third kappa shape index (κ3) is 4.39. The van der Waals surface area contributed by atoms with Crippen molar-refractivity contribution in [3.8, 4) is 0 Å². The van der Waals surface area contributed by atoms with E-state index < -0.39 is 0 Å². The molecule has 0 spiro atoms. The Balaban J connectivity index is 2.69. The van der Waals surface area contributed by atoms with E-state index in [4.69, 9.17) is 5.73 Å². The van der Waals surface area contributed by atoms with E-state index in [-0.39, 0.29) is 6.04 Å². The second-order valence-electron chi connectivity index (χ2n) is 5.21. The SMILES string of the molecule is CCN(CC(N)CC(C)C)c1ccccc1C. The van der Waals surface area contributed by atoms with Gasteiger partial charge in [0.05, 0.1) is 0 Å². The van der Waals surface area contributed by atoms with Gasteiger partial charge in [0.15, 0.2) is 0 Å². The van der Waals surface area contributed by atoms with E-state index in [9.17, 15) is 0 Å². The number of hydrogen-bond donors (Lipinski definition) is 1. The standard InChI is InChI=1S/C15H26N2/c1-5-17(11-14(16)10-12(2)3)15-9-7-6-8-13(15)4/h6-9,12,14H,5,10-11,16H2,1-4H3. The highest BCUT2D eigenvalue weighted by atomic mass is 15.1. The van der Waals surface area contributed by atoms with Crippen LogP contribution in [0.5, 0.6) is 0 Å². The first kappa shape index (κ1) is 14.0. The van der Waals surface area contributed by atoms with E-state index in [0.29, 0.717) is 5.92 Å². The van der Waals surface area contributed by atoms with Crippen LogP contribution < -0.4 is 10.6 Å². The van der Waals surface area contributed by atoms with Crippen molar-refractivity contribution in [3.63, 3.8) is 0 Å². The summed E-state index contributed by atoms with van der Waals surface area (Å²) in [5.74, 6) is 0.667. The van der Waals surface area contributed by atoms with Crippen molar-refractivity contribution in [2.75, 3.05) is 18.0 Å². The number of likely N-dealkylation sites (N-methyl/N-ethyl adjacent to an activating group) is 1. The van der Waals surface area contributed by atoms with Crippen LogP contribution in [-0.2, 0) is 0 Å². The van der Waals surface area contributed by atoms with Crippen molar-refractivity contribution in [1.82, 2.24) is 0 Å². The lowest BCUT2D eigenvalue weighted by molar-refractivity contribution is 0.490. The number of rotatable bonds is 6. The Kier molecular flexibility index (Phi) is 5.49. The summed E-state index contributed by atoms with van der Waals surface area (Å²) < 4.78 is 0. The molecule has 0 aliphatic heterocycles. The third-order valence-corrected chi connectivity index (χ3v) is 3.07. The van der Waals surface area contributed by atoms with E-state index >= 15 is 0 Å². The lowest BCUT2D eigenvalue weighted by Crippen LogP contribution is -2.38. The maximum atomic E-state index is 6.20. The van der Waals surface area contributed by atoms with Crippen LogP contribution in [0.25, 0.3) is 0 Å². The quantitative estimate of drug-likeness (QED) is 0.819. The monoisotopic (exact) mass is 234 g/mol. The Hall–Kier alpha value is -1.02. The maximum absolute atomic E-state index is 6.20. The minimum Gasteiger partial charge on any atom is -0.370 e. The average Bonchev–Trinajstić information content (AvgIpc) is 2.26.